The van der Waals surface area contributed by atoms with Crippen molar-refractivity contribution in [2.45, 2.75) is 42.1 Å². The Morgan fingerprint density at radius 1 is 1.10 bits per heavy atom. The molecule has 5 nitrogen and oxygen atoms in total. The van der Waals surface area contributed by atoms with Gasteiger partial charge in [0.25, 0.3) is 0 Å². The summed E-state index contributed by atoms with van der Waals surface area (Å²) >= 11 is 13.8. The average Bonchev–Trinajstić information content (AvgIpc) is 2.70. The summed E-state index contributed by atoms with van der Waals surface area (Å²) in [4.78, 5) is 17.1. The van der Waals surface area contributed by atoms with E-state index in [9.17, 15) is 0 Å². The molecular weight excluding hydrogens is 425 g/mol. The summed E-state index contributed by atoms with van der Waals surface area (Å²) in [7, 11) is 0. The third-order valence-corrected chi connectivity index (χ3v) is 7.30. The number of piperidine rings is 1. The number of aromatic nitrogens is 3. The zero-order valence-electron chi connectivity index (χ0n) is 16.4. The Bertz CT molecular complexity index is 1030. The number of benzene rings is 1. The molecule has 0 saturated carbocycles. The van der Waals surface area contributed by atoms with Crippen LogP contribution in [0.3, 0.4) is 0 Å². The van der Waals surface area contributed by atoms with E-state index in [2.05, 4.69) is 28.7 Å². The molecule has 152 valence electrons. The van der Waals surface area contributed by atoms with Gasteiger partial charge in [0.1, 0.15) is 16.4 Å². The van der Waals surface area contributed by atoms with Gasteiger partial charge in [-0.3, -0.25) is 0 Å². The monoisotopic (exact) mass is 447 g/mol. The molecule has 1 saturated heterocycles. The maximum atomic E-state index is 6.28. The van der Waals surface area contributed by atoms with Gasteiger partial charge in [-0.15, -0.1) is 0 Å². The lowest BCUT2D eigenvalue weighted by molar-refractivity contribution is 0.265. The molecule has 1 fully saturated rings. The van der Waals surface area contributed by atoms with Crippen molar-refractivity contribution in [3.8, 4) is 0 Å². The normalized spacial score (nSPS) is 15.8. The number of rotatable bonds is 4. The van der Waals surface area contributed by atoms with Gasteiger partial charge in [-0.25, -0.2) is 15.0 Å². The predicted octanol–water partition coefficient (Wildman–Crippen LogP) is 5.44. The number of fused-ring (bicyclic) bond motifs is 1. The zero-order valence-corrected chi connectivity index (χ0v) is 18.7. The van der Waals surface area contributed by atoms with E-state index in [1.54, 1.807) is 6.07 Å². The minimum absolute atomic E-state index is 0.134. The van der Waals surface area contributed by atoms with E-state index in [1.165, 1.54) is 11.8 Å². The van der Waals surface area contributed by atoms with Crippen molar-refractivity contribution in [2.24, 2.45) is 11.7 Å². The fraction of sp³-hybridized carbons (Fsp3) is 0.381. The van der Waals surface area contributed by atoms with Crippen LogP contribution in [0.15, 0.2) is 46.5 Å². The SMILES string of the molecule is CC(C)(N)C1CCN(c2cnc3nc(Sc4cccc(Cl)c4Cl)ccc3n2)CC1. The lowest BCUT2D eigenvalue weighted by Crippen LogP contribution is -2.47. The van der Waals surface area contributed by atoms with Crippen LogP contribution >= 0.6 is 35.0 Å². The summed E-state index contributed by atoms with van der Waals surface area (Å²) in [5, 5.41) is 1.87. The molecule has 2 N–H and O–H groups in total. The Morgan fingerprint density at radius 3 is 2.59 bits per heavy atom. The van der Waals surface area contributed by atoms with Crippen LogP contribution in [0.2, 0.25) is 10.0 Å². The van der Waals surface area contributed by atoms with E-state index in [0.717, 1.165) is 47.2 Å². The molecule has 1 aromatic carbocycles. The van der Waals surface area contributed by atoms with Gasteiger partial charge in [0.15, 0.2) is 5.65 Å². The number of nitrogens with two attached hydrogens (primary N) is 1. The topological polar surface area (TPSA) is 67.9 Å². The maximum Gasteiger partial charge on any atom is 0.179 e. The number of nitrogens with zero attached hydrogens (tertiary/aromatic N) is 4. The zero-order chi connectivity index (χ0) is 20.6. The van der Waals surface area contributed by atoms with Crippen LogP contribution in [0.5, 0.6) is 0 Å². The van der Waals surface area contributed by atoms with Crippen LogP contribution in [-0.2, 0) is 0 Å². The Morgan fingerprint density at radius 2 is 1.86 bits per heavy atom. The molecule has 2 aromatic heterocycles. The molecule has 3 heterocycles. The summed E-state index contributed by atoms with van der Waals surface area (Å²) in [5.74, 6) is 1.43. The summed E-state index contributed by atoms with van der Waals surface area (Å²) < 4.78 is 0. The summed E-state index contributed by atoms with van der Waals surface area (Å²) in [5.41, 5.74) is 7.55. The van der Waals surface area contributed by atoms with Gasteiger partial charge in [0, 0.05) is 23.5 Å². The van der Waals surface area contributed by atoms with Gasteiger partial charge in [0.2, 0.25) is 0 Å². The molecule has 1 aliphatic rings. The first-order valence-corrected chi connectivity index (χ1v) is 11.2. The van der Waals surface area contributed by atoms with Gasteiger partial charge in [-0.1, -0.05) is 41.0 Å². The Labute approximate surface area is 185 Å². The van der Waals surface area contributed by atoms with E-state index in [1.807, 2.05) is 30.5 Å². The van der Waals surface area contributed by atoms with Gasteiger partial charge in [-0.2, -0.15) is 0 Å². The summed E-state index contributed by atoms with van der Waals surface area (Å²) in [6.45, 7) is 6.11. The number of pyridine rings is 1. The highest BCUT2D eigenvalue weighted by Gasteiger charge is 2.29. The molecule has 1 aliphatic heterocycles. The predicted molar refractivity (Wildman–Crippen MR) is 121 cm³/mol. The Hall–Kier alpha value is -1.60. The second kappa shape index (κ2) is 8.26. The van der Waals surface area contributed by atoms with Gasteiger partial charge < -0.3 is 10.6 Å². The molecular formula is C21H23Cl2N5S. The first-order chi connectivity index (χ1) is 13.8. The van der Waals surface area contributed by atoms with Crippen LogP contribution in [0.4, 0.5) is 5.82 Å². The minimum Gasteiger partial charge on any atom is -0.355 e. The van der Waals surface area contributed by atoms with Crippen molar-refractivity contribution in [1.82, 2.24) is 15.0 Å². The summed E-state index contributed by atoms with van der Waals surface area (Å²) in [6.07, 6.45) is 3.94. The Balaban J connectivity index is 1.51. The molecule has 0 bridgehead atoms. The van der Waals surface area contributed by atoms with Crippen molar-refractivity contribution in [1.29, 1.82) is 0 Å². The van der Waals surface area contributed by atoms with E-state index in [4.69, 9.17) is 33.9 Å². The van der Waals surface area contributed by atoms with Crippen LogP contribution in [0.25, 0.3) is 11.2 Å². The molecule has 0 radical (unpaired) electrons. The second-order valence-electron chi connectivity index (χ2n) is 7.96. The van der Waals surface area contributed by atoms with Gasteiger partial charge in [0.05, 0.1) is 16.2 Å². The molecule has 8 heteroatoms. The highest BCUT2D eigenvalue weighted by atomic mass is 35.5. The minimum atomic E-state index is -0.134. The van der Waals surface area contributed by atoms with E-state index >= 15 is 0 Å². The quantitative estimate of drug-likeness (QED) is 0.574. The average molecular weight is 448 g/mol. The largest absolute Gasteiger partial charge is 0.355 e. The molecule has 0 unspecified atom stereocenters. The maximum absolute atomic E-state index is 6.28. The molecule has 29 heavy (non-hydrogen) atoms. The molecule has 0 aliphatic carbocycles. The first-order valence-electron chi connectivity index (χ1n) is 9.61. The molecule has 0 atom stereocenters. The third-order valence-electron chi connectivity index (χ3n) is 5.37. The van der Waals surface area contributed by atoms with Crippen molar-refractivity contribution >= 4 is 51.9 Å². The second-order valence-corrected chi connectivity index (χ2v) is 9.80. The van der Waals surface area contributed by atoms with E-state index < -0.39 is 0 Å². The number of hydrogen-bond acceptors (Lipinski definition) is 6. The van der Waals surface area contributed by atoms with Crippen LogP contribution < -0.4 is 10.6 Å². The van der Waals surface area contributed by atoms with Crippen LogP contribution in [0.1, 0.15) is 26.7 Å². The van der Waals surface area contributed by atoms with E-state index in [-0.39, 0.29) is 5.54 Å². The number of anilines is 1. The molecule has 0 amide bonds. The lowest BCUT2D eigenvalue weighted by Gasteiger charge is -2.38. The van der Waals surface area contributed by atoms with Gasteiger partial charge >= 0.3 is 0 Å². The van der Waals surface area contributed by atoms with Crippen molar-refractivity contribution in [3.05, 3.63) is 46.6 Å². The standard InChI is InChI=1S/C21H23Cl2N5S/c1-21(2,24)13-8-10-28(11-9-13)17-12-25-20-15(26-17)6-7-18(27-20)29-16-5-3-4-14(22)19(16)23/h3-7,12-13H,8-11,24H2,1-2H3. The highest BCUT2D eigenvalue weighted by Crippen LogP contribution is 2.36. The lowest BCUT2D eigenvalue weighted by atomic mass is 9.81. The fourth-order valence-corrected chi connectivity index (χ4v) is 4.93. The van der Waals surface area contributed by atoms with Crippen molar-refractivity contribution in [2.75, 3.05) is 18.0 Å². The Kier molecular flexibility index (Phi) is 5.89. The van der Waals surface area contributed by atoms with Crippen molar-refractivity contribution in [3.63, 3.8) is 0 Å². The molecule has 4 rings (SSSR count). The fourth-order valence-electron chi connectivity index (χ4n) is 3.61. The van der Waals surface area contributed by atoms with Crippen molar-refractivity contribution < 1.29 is 0 Å². The molecule has 3 aromatic rings. The smallest absolute Gasteiger partial charge is 0.179 e. The number of hydrogen-bond donors (Lipinski definition) is 1. The number of halogens is 2. The van der Waals surface area contributed by atoms with E-state index in [0.29, 0.717) is 21.6 Å². The molecule has 0 spiro atoms. The first kappa shape index (κ1) is 20.7. The van der Waals surface area contributed by atoms with Crippen LogP contribution in [-0.4, -0.2) is 33.6 Å². The highest BCUT2D eigenvalue weighted by molar-refractivity contribution is 7.99. The van der Waals surface area contributed by atoms with Gasteiger partial charge in [-0.05, 0) is 56.9 Å². The van der Waals surface area contributed by atoms with Crippen LogP contribution in [0, 0.1) is 5.92 Å². The summed E-state index contributed by atoms with van der Waals surface area (Å²) in [6, 6.07) is 9.46. The third kappa shape index (κ3) is 4.61.